The van der Waals surface area contributed by atoms with Crippen LogP contribution in [0.2, 0.25) is 0 Å². The minimum atomic E-state index is -0.842. The summed E-state index contributed by atoms with van der Waals surface area (Å²) in [5.41, 5.74) is 0. The van der Waals surface area contributed by atoms with Gasteiger partial charge in [-0.3, -0.25) is 9.59 Å². The van der Waals surface area contributed by atoms with E-state index in [0.717, 1.165) is 51.4 Å². The predicted octanol–water partition coefficient (Wildman–Crippen LogP) is 24.4. The molecule has 2 atom stereocenters. The summed E-state index contributed by atoms with van der Waals surface area (Å²) in [6.07, 6.45) is 95.1. The van der Waals surface area contributed by atoms with Crippen LogP contribution in [0.3, 0.4) is 0 Å². The highest BCUT2D eigenvalue weighted by Gasteiger charge is 2.18. The van der Waals surface area contributed by atoms with E-state index in [0.29, 0.717) is 19.4 Å². The Hall–Kier alpha value is -2.18. The van der Waals surface area contributed by atoms with Gasteiger partial charge in [-0.1, -0.05) is 351 Å². The molecule has 0 spiro atoms. The van der Waals surface area contributed by atoms with Gasteiger partial charge in [-0.15, -0.1) is 0 Å². The number of hydrogen-bond donors (Lipinski definition) is 3. The number of hydrogen-bond acceptors (Lipinski definition) is 5. The van der Waals surface area contributed by atoms with Crippen molar-refractivity contribution >= 4 is 11.9 Å². The lowest BCUT2D eigenvalue weighted by Crippen LogP contribution is -2.45. The van der Waals surface area contributed by atoms with Crippen LogP contribution in [0.1, 0.15) is 406 Å². The molecule has 0 saturated heterocycles. The molecule has 83 heavy (non-hydrogen) atoms. The normalized spacial score (nSPS) is 12.8. The van der Waals surface area contributed by atoms with Crippen LogP contribution in [0, 0.1) is 0 Å². The SMILES string of the molecule is CCCCCC/C=C\CCCCCCCC(=O)OCCCCCCCCCCCCCCCCC/C=C\C/C=C\CCCCCCCCCCCCCCCCCCCC(=O)NC(CO)C(O)/C=C/CCCCCCCCCCCCCC. The first-order chi connectivity index (χ1) is 41.0. The third-order valence-corrected chi connectivity index (χ3v) is 17.3. The summed E-state index contributed by atoms with van der Waals surface area (Å²) in [6.45, 7) is 4.91. The molecule has 0 radical (unpaired) electrons. The van der Waals surface area contributed by atoms with Gasteiger partial charge < -0.3 is 20.3 Å². The van der Waals surface area contributed by atoms with Crippen molar-refractivity contribution in [3.05, 3.63) is 48.6 Å². The number of esters is 1. The van der Waals surface area contributed by atoms with Gasteiger partial charge in [0.05, 0.1) is 25.4 Å². The number of nitrogens with one attached hydrogen (secondary N) is 1. The van der Waals surface area contributed by atoms with Gasteiger partial charge in [0.15, 0.2) is 0 Å². The molecule has 0 aliphatic carbocycles. The highest BCUT2D eigenvalue weighted by atomic mass is 16.5. The second kappa shape index (κ2) is 72.3. The maximum absolute atomic E-state index is 12.5. The minimum Gasteiger partial charge on any atom is -0.466 e. The van der Waals surface area contributed by atoms with Crippen LogP contribution >= 0.6 is 0 Å². The van der Waals surface area contributed by atoms with E-state index in [1.807, 2.05) is 6.08 Å². The Kier molecular flexibility index (Phi) is 70.4. The molecule has 0 aliphatic heterocycles. The maximum Gasteiger partial charge on any atom is 0.305 e. The molecule has 0 aromatic carbocycles. The largest absolute Gasteiger partial charge is 0.466 e. The molecular weight excluding hydrogens is 1020 g/mol. The first-order valence-electron chi connectivity index (χ1n) is 37.4. The number of ether oxygens (including phenoxy) is 1. The third kappa shape index (κ3) is 68.8. The average Bonchev–Trinajstić information content (AvgIpc) is 3.49. The maximum atomic E-state index is 12.5. The summed E-state index contributed by atoms with van der Waals surface area (Å²) >= 11 is 0. The van der Waals surface area contributed by atoms with Gasteiger partial charge in [0, 0.05) is 12.8 Å². The zero-order valence-corrected chi connectivity index (χ0v) is 55.9. The second-order valence-corrected chi connectivity index (χ2v) is 25.6. The molecule has 1 amide bonds. The molecule has 488 valence electrons. The molecule has 0 fully saturated rings. The fourth-order valence-corrected chi connectivity index (χ4v) is 11.6. The van der Waals surface area contributed by atoms with Gasteiger partial charge in [-0.25, -0.2) is 0 Å². The van der Waals surface area contributed by atoms with E-state index >= 15 is 0 Å². The van der Waals surface area contributed by atoms with Gasteiger partial charge >= 0.3 is 5.97 Å². The van der Waals surface area contributed by atoms with E-state index in [1.54, 1.807) is 6.08 Å². The fraction of sp³-hybridized carbons (Fsp3) is 0.870. The minimum absolute atomic E-state index is 0.0110. The number of aliphatic hydroxyl groups is 2. The van der Waals surface area contributed by atoms with Crippen LogP contribution in [0.25, 0.3) is 0 Å². The number of carbonyl (C=O) groups excluding carboxylic acids is 2. The topological polar surface area (TPSA) is 95.9 Å². The molecule has 6 heteroatoms. The first-order valence-corrected chi connectivity index (χ1v) is 37.4. The zero-order valence-electron chi connectivity index (χ0n) is 55.9. The quantitative estimate of drug-likeness (QED) is 0.0320. The predicted molar refractivity (Wildman–Crippen MR) is 366 cm³/mol. The number of allylic oxidation sites excluding steroid dienone is 7. The lowest BCUT2D eigenvalue weighted by Gasteiger charge is -2.20. The van der Waals surface area contributed by atoms with Gasteiger partial charge in [0.1, 0.15) is 0 Å². The van der Waals surface area contributed by atoms with Gasteiger partial charge in [-0.2, -0.15) is 0 Å². The van der Waals surface area contributed by atoms with Gasteiger partial charge in [0.25, 0.3) is 0 Å². The lowest BCUT2D eigenvalue weighted by atomic mass is 10.0. The third-order valence-electron chi connectivity index (χ3n) is 17.3. The molecule has 6 nitrogen and oxygen atoms in total. The summed E-state index contributed by atoms with van der Waals surface area (Å²) in [7, 11) is 0. The van der Waals surface area contributed by atoms with Crippen LogP contribution in [0.5, 0.6) is 0 Å². The van der Waals surface area contributed by atoms with E-state index in [9.17, 15) is 19.8 Å². The molecule has 0 aliphatic rings. The molecule has 0 heterocycles. The van der Waals surface area contributed by atoms with E-state index in [1.165, 1.54) is 327 Å². The molecule has 0 aromatic heterocycles. The number of rotatable bonds is 70. The second-order valence-electron chi connectivity index (χ2n) is 25.6. The smallest absolute Gasteiger partial charge is 0.305 e. The van der Waals surface area contributed by atoms with Crippen molar-refractivity contribution in [1.29, 1.82) is 0 Å². The fourth-order valence-electron chi connectivity index (χ4n) is 11.6. The molecule has 0 bridgehead atoms. The highest BCUT2D eigenvalue weighted by molar-refractivity contribution is 5.76. The Balaban J connectivity index is 3.36. The number of unbranched alkanes of at least 4 members (excludes halogenated alkanes) is 53. The van der Waals surface area contributed by atoms with Gasteiger partial charge in [-0.05, 0) is 89.9 Å². The molecule has 3 N–H and O–H groups in total. The monoisotopic (exact) mass is 1160 g/mol. The van der Waals surface area contributed by atoms with E-state index < -0.39 is 12.1 Å². The van der Waals surface area contributed by atoms with Crippen LogP contribution in [-0.2, 0) is 14.3 Å². The number of aliphatic hydroxyl groups excluding tert-OH is 2. The highest BCUT2D eigenvalue weighted by Crippen LogP contribution is 2.19. The Morgan fingerprint density at radius 3 is 0.940 bits per heavy atom. The van der Waals surface area contributed by atoms with Crippen molar-refractivity contribution in [2.45, 2.75) is 418 Å². The van der Waals surface area contributed by atoms with Crippen LogP contribution in [0.4, 0.5) is 0 Å². The zero-order chi connectivity index (χ0) is 59.9. The lowest BCUT2D eigenvalue weighted by molar-refractivity contribution is -0.143. The van der Waals surface area contributed by atoms with Gasteiger partial charge in [0.2, 0.25) is 5.91 Å². The Morgan fingerprint density at radius 1 is 0.337 bits per heavy atom. The van der Waals surface area contributed by atoms with E-state index in [4.69, 9.17) is 4.74 Å². The van der Waals surface area contributed by atoms with Crippen LogP contribution in [0.15, 0.2) is 48.6 Å². The van der Waals surface area contributed by atoms with E-state index in [2.05, 4.69) is 55.6 Å². The molecule has 2 unspecified atom stereocenters. The van der Waals surface area contributed by atoms with Crippen LogP contribution in [-0.4, -0.2) is 47.4 Å². The van der Waals surface area contributed by atoms with Crippen LogP contribution < -0.4 is 5.32 Å². The molecule has 0 aromatic rings. The summed E-state index contributed by atoms with van der Waals surface area (Å²) in [6, 6.07) is -0.625. The van der Waals surface area contributed by atoms with Crippen molar-refractivity contribution < 1.29 is 24.5 Å². The number of amides is 1. The Morgan fingerprint density at radius 2 is 0.602 bits per heavy atom. The molecular formula is C77H145NO5. The average molecular weight is 1170 g/mol. The molecule has 0 saturated carbocycles. The van der Waals surface area contributed by atoms with Crippen molar-refractivity contribution in [3.8, 4) is 0 Å². The van der Waals surface area contributed by atoms with Crippen molar-refractivity contribution in [2.75, 3.05) is 13.2 Å². The van der Waals surface area contributed by atoms with Crippen molar-refractivity contribution in [2.24, 2.45) is 0 Å². The Labute approximate surface area is 518 Å². The van der Waals surface area contributed by atoms with Crippen molar-refractivity contribution in [3.63, 3.8) is 0 Å². The van der Waals surface area contributed by atoms with Crippen molar-refractivity contribution in [1.82, 2.24) is 5.32 Å². The summed E-state index contributed by atoms with van der Waals surface area (Å²) in [5, 5.41) is 23.2. The Bertz CT molecular complexity index is 1390. The summed E-state index contributed by atoms with van der Waals surface area (Å²) in [4.78, 5) is 24.5. The van der Waals surface area contributed by atoms with E-state index in [-0.39, 0.29) is 18.5 Å². The summed E-state index contributed by atoms with van der Waals surface area (Å²) in [5.74, 6) is -0.0522. The summed E-state index contributed by atoms with van der Waals surface area (Å²) < 4.78 is 5.48. The first kappa shape index (κ1) is 80.8. The number of carbonyl (C=O) groups is 2. The molecule has 0 rings (SSSR count). The standard InChI is InChI=1S/C77H145NO5/c1-3-5-7-9-11-13-15-17-46-49-53-57-61-65-69-75(80)74(73-79)78-76(81)70-66-62-58-54-50-47-43-41-39-37-35-33-31-29-27-25-23-21-19-18-20-22-24-26-28-30-32-34-36-38-40-42-44-48-52-56-60-64-68-72-83-77(82)71-67-63-59-55-51-45-16-14-12-10-8-6-4-2/h14,16,18-19,22,24,65,69,74-75,79-80H,3-13,15,17,20-21,23,25-64,66-68,70-73H2,1-2H3,(H,78,81)/b16-14-,19-18-,24-22-,69-65+.